The van der Waals surface area contributed by atoms with Crippen LogP contribution in [0.2, 0.25) is 0 Å². The molecule has 0 saturated heterocycles. The molecule has 0 aliphatic rings. The molecule has 20 heavy (non-hydrogen) atoms. The van der Waals surface area contributed by atoms with Gasteiger partial charge >= 0.3 is 0 Å². The van der Waals surface area contributed by atoms with Gasteiger partial charge in [-0.2, -0.15) is 0 Å². The summed E-state index contributed by atoms with van der Waals surface area (Å²) in [6.07, 6.45) is -0.526. The minimum atomic E-state index is -0.526. The summed E-state index contributed by atoms with van der Waals surface area (Å²) in [7, 11) is 0. The van der Waals surface area contributed by atoms with Crippen LogP contribution in [0, 0.1) is 5.92 Å². The van der Waals surface area contributed by atoms with Crippen LogP contribution in [-0.2, 0) is 0 Å². The molecule has 1 aromatic carbocycles. The molecule has 1 amide bonds. The Morgan fingerprint density at radius 3 is 2.25 bits per heavy atom. The van der Waals surface area contributed by atoms with Crippen molar-refractivity contribution in [2.75, 3.05) is 6.54 Å². The van der Waals surface area contributed by atoms with Gasteiger partial charge in [0.05, 0.1) is 6.10 Å². The van der Waals surface area contributed by atoms with Crippen LogP contribution in [0.25, 0.3) is 0 Å². The van der Waals surface area contributed by atoms with Crippen LogP contribution in [0.4, 0.5) is 0 Å². The van der Waals surface area contributed by atoms with Gasteiger partial charge in [-0.15, -0.1) is 0 Å². The van der Waals surface area contributed by atoms with E-state index in [-0.39, 0.29) is 24.0 Å². The molecule has 0 saturated carbocycles. The number of carbonyl (C=O) groups is 1. The molecule has 0 aliphatic heterocycles. The zero-order chi connectivity index (χ0) is 15.3. The Hall–Kier alpha value is -1.55. The molecule has 0 fully saturated rings. The predicted molar refractivity (Wildman–Crippen MR) is 80.0 cm³/mol. The lowest BCUT2D eigenvalue weighted by Crippen LogP contribution is -2.34. The minimum Gasteiger partial charge on any atom is -0.488 e. The van der Waals surface area contributed by atoms with Gasteiger partial charge < -0.3 is 15.2 Å². The van der Waals surface area contributed by atoms with Gasteiger partial charge in [0.25, 0.3) is 5.91 Å². The van der Waals surface area contributed by atoms with E-state index in [0.29, 0.717) is 5.56 Å². The highest BCUT2D eigenvalue weighted by atomic mass is 16.5. The van der Waals surface area contributed by atoms with Crippen molar-refractivity contribution in [3.8, 4) is 5.75 Å². The first-order valence-corrected chi connectivity index (χ1v) is 6.94. The number of amides is 1. The second kappa shape index (κ2) is 6.75. The summed E-state index contributed by atoms with van der Waals surface area (Å²) in [5, 5.41) is 12.4. The van der Waals surface area contributed by atoms with Crippen LogP contribution in [0.1, 0.15) is 45.0 Å². The quantitative estimate of drug-likeness (QED) is 0.871. The summed E-state index contributed by atoms with van der Waals surface area (Å²) in [6, 6.07) is 6.99. The van der Waals surface area contributed by atoms with Crippen LogP contribution < -0.4 is 10.1 Å². The number of rotatable bonds is 5. The molecule has 0 heterocycles. The molecule has 0 aliphatic carbocycles. The van der Waals surface area contributed by atoms with Crippen LogP contribution in [0.3, 0.4) is 0 Å². The second-order valence-corrected chi connectivity index (χ2v) is 6.26. The number of benzene rings is 1. The Bertz CT molecular complexity index is 432. The topological polar surface area (TPSA) is 58.6 Å². The fourth-order valence-electron chi connectivity index (χ4n) is 1.56. The van der Waals surface area contributed by atoms with E-state index in [0.717, 1.165) is 5.75 Å². The van der Waals surface area contributed by atoms with E-state index in [1.807, 2.05) is 34.6 Å². The van der Waals surface area contributed by atoms with E-state index >= 15 is 0 Å². The lowest BCUT2D eigenvalue weighted by molar-refractivity contribution is 0.0871. The predicted octanol–water partition coefficient (Wildman–Crippen LogP) is 2.61. The lowest BCUT2D eigenvalue weighted by atomic mass is 10.1. The third-order valence-electron chi connectivity index (χ3n) is 2.78. The van der Waals surface area contributed by atoms with E-state index in [1.54, 1.807) is 24.3 Å². The van der Waals surface area contributed by atoms with Crippen molar-refractivity contribution in [2.45, 2.75) is 46.3 Å². The first-order chi connectivity index (χ1) is 9.19. The van der Waals surface area contributed by atoms with Crippen molar-refractivity contribution < 1.29 is 14.6 Å². The Morgan fingerprint density at radius 2 is 1.80 bits per heavy atom. The van der Waals surface area contributed by atoms with E-state index in [4.69, 9.17) is 4.74 Å². The number of nitrogens with one attached hydrogen (secondary N) is 1. The molecule has 1 atom stereocenters. The molecule has 0 bridgehead atoms. The summed E-state index contributed by atoms with van der Waals surface area (Å²) in [5.41, 5.74) is 0.299. The van der Waals surface area contributed by atoms with Crippen molar-refractivity contribution in [1.82, 2.24) is 5.32 Å². The lowest BCUT2D eigenvalue weighted by Gasteiger charge is -2.21. The summed E-state index contributed by atoms with van der Waals surface area (Å²) in [6.45, 7) is 10.0. The SMILES string of the molecule is CC(C)C(O)CNC(=O)c1ccc(OC(C)(C)C)cc1. The van der Waals surface area contributed by atoms with Crippen LogP contribution in [0.5, 0.6) is 5.75 Å². The maximum atomic E-state index is 11.9. The third-order valence-corrected chi connectivity index (χ3v) is 2.78. The molecular weight excluding hydrogens is 254 g/mol. The minimum absolute atomic E-state index is 0.123. The maximum Gasteiger partial charge on any atom is 0.251 e. The summed E-state index contributed by atoms with van der Waals surface area (Å²) in [5.74, 6) is 0.668. The van der Waals surface area contributed by atoms with Gasteiger partial charge in [0.1, 0.15) is 11.4 Å². The first-order valence-electron chi connectivity index (χ1n) is 6.94. The number of carbonyl (C=O) groups excluding carboxylic acids is 1. The molecule has 4 heteroatoms. The maximum absolute atomic E-state index is 11.9. The van der Waals surface area contributed by atoms with Gasteiger partial charge in [-0.05, 0) is 51.0 Å². The Morgan fingerprint density at radius 1 is 1.25 bits per heavy atom. The van der Waals surface area contributed by atoms with Gasteiger partial charge in [-0.3, -0.25) is 4.79 Å². The number of hydrogen-bond acceptors (Lipinski definition) is 3. The molecule has 1 rings (SSSR count). The van der Waals surface area contributed by atoms with Gasteiger partial charge in [0.15, 0.2) is 0 Å². The van der Waals surface area contributed by atoms with Crippen LogP contribution in [-0.4, -0.2) is 29.3 Å². The number of aliphatic hydroxyl groups is 1. The molecule has 0 spiro atoms. The highest BCUT2D eigenvalue weighted by Crippen LogP contribution is 2.18. The van der Waals surface area contributed by atoms with Gasteiger partial charge in [0, 0.05) is 12.1 Å². The van der Waals surface area contributed by atoms with E-state index in [2.05, 4.69) is 5.32 Å². The zero-order valence-corrected chi connectivity index (χ0v) is 12.9. The van der Waals surface area contributed by atoms with Crippen molar-refractivity contribution in [1.29, 1.82) is 0 Å². The standard InChI is InChI=1S/C16H25NO3/c1-11(2)14(18)10-17-15(19)12-6-8-13(9-7-12)20-16(3,4)5/h6-9,11,14,18H,10H2,1-5H3,(H,17,19). The Labute approximate surface area is 121 Å². The summed E-state index contributed by atoms with van der Waals surface area (Å²) >= 11 is 0. The van der Waals surface area contributed by atoms with Crippen molar-refractivity contribution in [2.24, 2.45) is 5.92 Å². The van der Waals surface area contributed by atoms with Crippen LogP contribution in [0.15, 0.2) is 24.3 Å². The summed E-state index contributed by atoms with van der Waals surface area (Å²) < 4.78 is 5.69. The van der Waals surface area contributed by atoms with Gasteiger partial charge in [0.2, 0.25) is 0 Å². The Balaban J connectivity index is 2.58. The number of hydrogen-bond donors (Lipinski definition) is 2. The fourth-order valence-corrected chi connectivity index (χ4v) is 1.56. The van der Waals surface area contributed by atoms with E-state index < -0.39 is 6.10 Å². The largest absolute Gasteiger partial charge is 0.488 e. The molecule has 1 unspecified atom stereocenters. The smallest absolute Gasteiger partial charge is 0.251 e. The zero-order valence-electron chi connectivity index (χ0n) is 12.9. The normalized spacial score (nSPS) is 13.2. The van der Waals surface area contributed by atoms with Crippen molar-refractivity contribution >= 4 is 5.91 Å². The van der Waals surface area contributed by atoms with Gasteiger partial charge in [-0.25, -0.2) is 0 Å². The van der Waals surface area contributed by atoms with E-state index in [9.17, 15) is 9.90 Å². The molecule has 0 radical (unpaired) electrons. The highest BCUT2D eigenvalue weighted by Gasteiger charge is 2.14. The van der Waals surface area contributed by atoms with Gasteiger partial charge in [-0.1, -0.05) is 13.8 Å². The molecule has 112 valence electrons. The monoisotopic (exact) mass is 279 g/mol. The Kier molecular flexibility index (Phi) is 5.57. The van der Waals surface area contributed by atoms with Crippen molar-refractivity contribution in [3.05, 3.63) is 29.8 Å². The molecule has 0 aromatic heterocycles. The molecule has 1 aromatic rings. The molecule has 2 N–H and O–H groups in total. The third kappa shape index (κ3) is 5.61. The molecule has 4 nitrogen and oxygen atoms in total. The first kappa shape index (κ1) is 16.5. The summed E-state index contributed by atoms with van der Waals surface area (Å²) in [4.78, 5) is 11.9. The number of aliphatic hydroxyl groups excluding tert-OH is 1. The number of ether oxygens (including phenoxy) is 1. The second-order valence-electron chi connectivity index (χ2n) is 6.26. The highest BCUT2D eigenvalue weighted by molar-refractivity contribution is 5.94. The average molecular weight is 279 g/mol. The average Bonchev–Trinajstić information content (AvgIpc) is 2.34. The molecular formula is C16H25NO3. The van der Waals surface area contributed by atoms with Crippen molar-refractivity contribution in [3.63, 3.8) is 0 Å². The fraction of sp³-hybridized carbons (Fsp3) is 0.562. The van der Waals surface area contributed by atoms with Crippen LogP contribution >= 0.6 is 0 Å². The van der Waals surface area contributed by atoms with E-state index in [1.165, 1.54) is 0 Å².